The van der Waals surface area contributed by atoms with Gasteiger partial charge in [-0.1, -0.05) is 17.7 Å². The van der Waals surface area contributed by atoms with Gasteiger partial charge < -0.3 is 4.74 Å². The van der Waals surface area contributed by atoms with Crippen molar-refractivity contribution in [1.29, 1.82) is 0 Å². The summed E-state index contributed by atoms with van der Waals surface area (Å²) in [6.45, 7) is 3.89. The molecule has 0 spiro atoms. The van der Waals surface area contributed by atoms with E-state index in [1.165, 1.54) is 23.5 Å². The fourth-order valence-corrected chi connectivity index (χ4v) is 4.69. The Hall–Kier alpha value is -1.24. The Balaban J connectivity index is 2.56. The summed E-state index contributed by atoms with van der Waals surface area (Å²) in [5, 5.41) is 0.534. The second-order valence-corrected chi connectivity index (χ2v) is 7.97. The lowest BCUT2D eigenvalue weighted by molar-refractivity contribution is 0.411. The van der Waals surface area contributed by atoms with Crippen molar-refractivity contribution < 1.29 is 13.2 Å². The van der Waals surface area contributed by atoms with E-state index in [1.807, 2.05) is 0 Å². The Kier molecular flexibility index (Phi) is 5.60. The quantitative estimate of drug-likeness (QED) is 0.711. The van der Waals surface area contributed by atoms with Crippen LogP contribution in [0.15, 0.2) is 45.8 Å². The highest BCUT2D eigenvalue weighted by molar-refractivity contribution is 9.10. The van der Waals surface area contributed by atoms with Crippen molar-refractivity contribution in [3.05, 3.63) is 51.5 Å². The van der Waals surface area contributed by atoms with E-state index in [9.17, 15) is 8.42 Å². The summed E-state index contributed by atoms with van der Waals surface area (Å²) < 4.78 is 33.1. The standard InChI is InChI=1S/C16H17BrClNO3S/c1-4-19(15-7-5-6-14(18)11(15)2)23(20,21)12-8-9-16(22-3)13(17)10-12/h5-10H,4H2,1-3H3. The van der Waals surface area contributed by atoms with Gasteiger partial charge in [-0.2, -0.15) is 0 Å². The third kappa shape index (κ3) is 3.49. The molecule has 0 N–H and O–H groups in total. The van der Waals surface area contributed by atoms with Crippen molar-refractivity contribution in [2.45, 2.75) is 18.7 Å². The molecule has 23 heavy (non-hydrogen) atoms. The molecule has 0 saturated heterocycles. The summed E-state index contributed by atoms with van der Waals surface area (Å²) in [5.41, 5.74) is 1.30. The molecule has 0 aliphatic rings. The number of halogens is 2. The van der Waals surface area contributed by atoms with E-state index in [-0.39, 0.29) is 4.90 Å². The predicted molar refractivity (Wildman–Crippen MR) is 97.1 cm³/mol. The second kappa shape index (κ2) is 7.11. The molecule has 2 rings (SSSR count). The molecule has 0 aliphatic heterocycles. The number of rotatable bonds is 5. The number of sulfonamides is 1. The van der Waals surface area contributed by atoms with Crippen LogP contribution in [0.1, 0.15) is 12.5 Å². The average Bonchev–Trinajstić information content (AvgIpc) is 2.51. The van der Waals surface area contributed by atoms with Gasteiger partial charge in [-0.05, 0) is 65.7 Å². The molecule has 0 radical (unpaired) electrons. The first-order chi connectivity index (χ1) is 10.8. The van der Waals surface area contributed by atoms with E-state index >= 15 is 0 Å². The van der Waals surface area contributed by atoms with Crippen LogP contribution in [0.2, 0.25) is 5.02 Å². The third-order valence-corrected chi connectivity index (χ3v) is 6.42. The molecule has 0 fully saturated rings. The normalized spacial score (nSPS) is 11.3. The Morgan fingerprint density at radius 3 is 2.52 bits per heavy atom. The molecule has 7 heteroatoms. The summed E-state index contributed by atoms with van der Waals surface area (Å²) in [4.78, 5) is 0.186. The fourth-order valence-electron chi connectivity index (χ4n) is 2.27. The molecule has 0 heterocycles. The van der Waals surface area contributed by atoms with E-state index in [0.29, 0.717) is 27.5 Å². The number of nitrogens with zero attached hydrogens (tertiary/aromatic N) is 1. The van der Waals surface area contributed by atoms with Crippen molar-refractivity contribution in [3.8, 4) is 5.75 Å². The average molecular weight is 419 g/mol. The lowest BCUT2D eigenvalue weighted by Crippen LogP contribution is -2.31. The van der Waals surface area contributed by atoms with E-state index in [4.69, 9.17) is 16.3 Å². The van der Waals surface area contributed by atoms with Gasteiger partial charge in [-0.25, -0.2) is 8.42 Å². The maximum atomic E-state index is 13.0. The van der Waals surface area contributed by atoms with E-state index in [1.54, 1.807) is 38.1 Å². The molecular weight excluding hydrogens is 402 g/mol. The highest BCUT2D eigenvalue weighted by atomic mass is 79.9. The van der Waals surface area contributed by atoms with Crippen LogP contribution in [-0.2, 0) is 10.0 Å². The zero-order chi connectivity index (χ0) is 17.2. The Morgan fingerprint density at radius 1 is 1.26 bits per heavy atom. The number of methoxy groups -OCH3 is 1. The van der Waals surface area contributed by atoms with Crippen LogP contribution in [0, 0.1) is 6.92 Å². The van der Waals surface area contributed by atoms with Gasteiger partial charge in [0.1, 0.15) is 5.75 Å². The minimum Gasteiger partial charge on any atom is -0.496 e. The lowest BCUT2D eigenvalue weighted by atomic mass is 10.2. The van der Waals surface area contributed by atoms with Gasteiger partial charge in [-0.3, -0.25) is 4.31 Å². The number of ether oxygens (including phenoxy) is 1. The molecule has 4 nitrogen and oxygen atoms in total. The van der Waals surface area contributed by atoms with Crippen molar-refractivity contribution in [3.63, 3.8) is 0 Å². The van der Waals surface area contributed by atoms with Gasteiger partial charge in [0.05, 0.1) is 22.2 Å². The predicted octanol–water partition coefficient (Wildman–Crippen LogP) is 4.63. The molecule has 0 amide bonds. The van der Waals surface area contributed by atoms with Crippen LogP contribution in [0.3, 0.4) is 0 Å². The number of hydrogen-bond acceptors (Lipinski definition) is 3. The maximum absolute atomic E-state index is 13.0. The first-order valence-electron chi connectivity index (χ1n) is 6.94. The second-order valence-electron chi connectivity index (χ2n) is 4.85. The number of benzene rings is 2. The SMILES string of the molecule is CCN(c1cccc(Cl)c1C)S(=O)(=O)c1ccc(OC)c(Br)c1. The monoisotopic (exact) mass is 417 g/mol. The molecule has 0 aromatic heterocycles. The van der Waals surface area contributed by atoms with Crippen LogP contribution in [-0.4, -0.2) is 22.1 Å². The Labute approximate surface area is 150 Å². The van der Waals surface area contributed by atoms with E-state index in [2.05, 4.69) is 15.9 Å². The van der Waals surface area contributed by atoms with Gasteiger partial charge in [0.25, 0.3) is 10.0 Å². The first-order valence-corrected chi connectivity index (χ1v) is 9.55. The van der Waals surface area contributed by atoms with Crippen molar-refractivity contribution >= 4 is 43.2 Å². The van der Waals surface area contributed by atoms with Crippen LogP contribution in [0.25, 0.3) is 0 Å². The Morgan fingerprint density at radius 2 is 1.96 bits per heavy atom. The topological polar surface area (TPSA) is 46.6 Å². The molecule has 2 aromatic carbocycles. The highest BCUT2D eigenvalue weighted by Crippen LogP contribution is 2.33. The maximum Gasteiger partial charge on any atom is 0.264 e. The van der Waals surface area contributed by atoms with Crippen molar-refractivity contribution in [2.24, 2.45) is 0 Å². The van der Waals surface area contributed by atoms with Crippen LogP contribution in [0.5, 0.6) is 5.75 Å². The molecule has 2 aromatic rings. The van der Waals surface area contributed by atoms with Gasteiger partial charge in [-0.15, -0.1) is 0 Å². The molecular formula is C16H17BrClNO3S. The smallest absolute Gasteiger partial charge is 0.264 e. The third-order valence-electron chi connectivity index (χ3n) is 3.51. The molecule has 0 atom stereocenters. The van der Waals surface area contributed by atoms with E-state index < -0.39 is 10.0 Å². The number of anilines is 1. The first kappa shape index (κ1) is 18.1. The van der Waals surface area contributed by atoms with Crippen LogP contribution < -0.4 is 9.04 Å². The Bertz CT molecular complexity index is 824. The van der Waals surface area contributed by atoms with Crippen molar-refractivity contribution in [1.82, 2.24) is 0 Å². The molecule has 0 bridgehead atoms. The number of hydrogen-bond donors (Lipinski definition) is 0. The van der Waals surface area contributed by atoms with Gasteiger partial charge >= 0.3 is 0 Å². The molecule has 124 valence electrons. The highest BCUT2D eigenvalue weighted by Gasteiger charge is 2.26. The molecule has 0 saturated carbocycles. The van der Waals surface area contributed by atoms with Crippen LogP contribution >= 0.6 is 27.5 Å². The molecule has 0 aliphatic carbocycles. The van der Waals surface area contributed by atoms with Gasteiger partial charge in [0.2, 0.25) is 0 Å². The summed E-state index contributed by atoms with van der Waals surface area (Å²) >= 11 is 9.45. The summed E-state index contributed by atoms with van der Waals surface area (Å²) in [7, 11) is -2.17. The largest absolute Gasteiger partial charge is 0.496 e. The van der Waals surface area contributed by atoms with E-state index in [0.717, 1.165) is 5.56 Å². The minimum absolute atomic E-state index is 0.186. The van der Waals surface area contributed by atoms with Crippen molar-refractivity contribution in [2.75, 3.05) is 18.0 Å². The summed E-state index contributed by atoms with van der Waals surface area (Å²) in [6, 6.07) is 9.92. The van der Waals surface area contributed by atoms with Crippen LogP contribution in [0.4, 0.5) is 5.69 Å². The fraction of sp³-hybridized carbons (Fsp3) is 0.250. The lowest BCUT2D eigenvalue weighted by Gasteiger charge is -2.25. The summed E-state index contributed by atoms with van der Waals surface area (Å²) in [5.74, 6) is 0.575. The zero-order valence-corrected chi connectivity index (χ0v) is 16.2. The minimum atomic E-state index is -3.70. The summed E-state index contributed by atoms with van der Waals surface area (Å²) in [6.07, 6.45) is 0. The van der Waals surface area contributed by atoms with Gasteiger partial charge in [0.15, 0.2) is 0 Å². The zero-order valence-electron chi connectivity index (χ0n) is 13.0. The molecule has 0 unspecified atom stereocenters. The van der Waals surface area contributed by atoms with Gasteiger partial charge in [0, 0.05) is 11.6 Å².